The van der Waals surface area contributed by atoms with E-state index in [9.17, 15) is 9.59 Å². The van der Waals surface area contributed by atoms with Gasteiger partial charge in [0.15, 0.2) is 0 Å². The molecule has 4 rings (SSSR count). The van der Waals surface area contributed by atoms with Crippen LogP contribution < -0.4 is 0 Å². The van der Waals surface area contributed by atoms with Gasteiger partial charge < -0.3 is 9.80 Å². The number of aromatic nitrogens is 1. The lowest BCUT2D eigenvalue weighted by molar-refractivity contribution is -0.146. The Kier molecular flexibility index (Phi) is 5.39. The van der Waals surface area contributed by atoms with Crippen LogP contribution in [0.15, 0.2) is 48.8 Å². The molecule has 0 bridgehead atoms. The Bertz CT molecular complexity index is 882. The van der Waals surface area contributed by atoms with Crippen molar-refractivity contribution >= 4 is 11.8 Å². The number of piperidine rings is 1. The van der Waals surface area contributed by atoms with Gasteiger partial charge in [-0.1, -0.05) is 24.3 Å². The molecule has 1 aromatic heterocycles. The van der Waals surface area contributed by atoms with Crippen molar-refractivity contribution in [2.75, 3.05) is 27.2 Å². The molecule has 5 nitrogen and oxygen atoms in total. The Hall–Kier alpha value is -2.69. The van der Waals surface area contributed by atoms with Crippen LogP contribution in [0.5, 0.6) is 0 Å². The molecule has 2 aliphatic rings. The van der Waals surface area contributed by atoms with Gasteiger partial charge in [0.05, 0.1) is 5.41 Å². The normalized spacial score (nSPS) is 18.3. The highest BCUT2D eigenvalue weighted by Crippen LogP contribution is 2.39. The lowest BCUT2D eigenvalue weighted by atomic mass is 9.72. The van der Waals surface area contributed by atoms with Crippen molar-refractivity contribution in [2.24, 2.45) is 11.3 Å². The maximum Gasteiger partial charge on any atom is 0.228 e. The third-order valence-corrected chi connectivity index (χ3v) is 6.30. The van der Waals surface area contributed by atoms with Gasteiger partial charge in [0.25, 0.3) is 0 Å². The molecule has 0 unspecified atom stereocenters. The molecule has 29 heavy (non-hydrogen) atoms. The molecule has 0 radical (unpaired) electrons. The number of rotatable bonds is 5. The fourth-order valence-corrected chi connectivity index (χ4v) is 4.48. The highest BCUT2D eigenvalue weighted by molar-refractivity contribution is 5.84. The molecule has 152 valence electrons. The number of benzene rings is 1. The topological polar surface area (TPSA) is 53.5 Å². The van der Waals surface area contributed by atoms with Crippen LogP contribution in [0, 0.1) is 11.3 Å². The second-order valence-electron chi connectivity index (χ2n) is 8.69. The standard InChI is InChI=1S/C24H29N3O2/c1-26(2)23(29)24(10-14-27(15-11-24)22(28)20-6-7-20)17-18-4-3-5-21(16-18)19-8-12-25-13-9-19/h3-5,8-9,12-13,16,20H,6-7,10-11,14-15,17H2,1-2H3. The highest BCUT2D eigenvalue weighted by Gasteiger charge is 2.44. The van der Waals surface area contributed by atoms with Crippen LogP contribution in [0.1, 0.15) is 31.2 Å². The summed E-state index contributed by atoms with van der Waals surface area (Å²) in [5.74, 6) is 0.699. The van der Waals surface area contributed by atoms with Crippen LogP contribution >= 0.6 is 0 Å². The average Bonchev–Trinajstić information content (AvgIpc) is 3.59. The van der Waals surface area contributed by atoms with E-state index in [1.165, 1.54) is 0 Å². The second kappa shape index (κ2) is 7.97. The minimum atomic E-state index is -0.444. The lowest BCUT2D eigenvalue weighted by Crippen LogP contribution is -2.51. The molecule has 2 fully saturated rings. The van der Waals surface area contributed by atoms with E-state index in [0.717, 1.165) is 42.4 Å². The Balaban J connectivity index is 1.55. The monoisotopic (exact) mass is 391 g/mol. The lowest BCUT2D eigenvalue weighted by Gasteiger charge is -2.42. The fraction of sp³-hybridized carbons (Fsp3) is 0.458. The Morgan fingerprint density at radius 2 is 1.76 bits per heavy atom. The van der Waals surface area contributed by atoms with Gasteiger partial charge in [-0.25, -0.2) is 0 Å². The number of likely N-dealkylation sites (tertiary alicyclic amines) is 1. The summed E-state index contributed by atoms with van der Waals surface area (Å²) in [4.78, 5) is 33.5. The molecular formula is C24H29N3O2. The maximum atomic E-state index is 13.2. The summed E-state index contributed by atoms with van der Waals surface area (Å²) in [6.07, 6.45) is 7.80. The summed E-state index contributed by atoms with van der Waals surface area (Å²) in [7, 11) is 3.67. The van der Waals surface area contributed by atoms with E-state index in [4.69, 9.17) is 0 Å². The summed E-state index contributed by atoms with van der Waals surface area (Å²) in [5, 5.41) is 0. The van der Waals surface area contributed by atoms with E-state index in [-0.39, 0.29) is 17.7 Å². The number of hydrogen-bond donors (Lipinski definition) is 0. The largest absolute Gasteiger partial charge is 0.348 e. The molecule has 2 amide bonds. The summed E-state index contributed by atoms with van der Waals surface area (Å²) in [6.45, 7) is 1.36. The zero-order valence-corrected chi connectivity index (χ0v) is 17.3. The molecule has 1 aliphatic heterocycles. The Morgan fingerprint density at radius 3 is 2.38 bits per heavy atom. The van der Waals surface area contributed by atoms with Crippen molar-refractivity contribution in [3.63, 3.8) is 0 Å². The maximum absolute atomic E-state index is 13.2. The van der Waals surface area contributed by atoms with Crippen LogP contribution in [0.25, 0.3) is 11.1 Å². The summed E-state index contributed by atoms with van der Waals surface area (Å²) in [6, 6.07) is 12.4. The second-order valence-corrected chi connectivity index (χ2v) is 8.69. The predicted octanol–water partition coefficient (Wildman–Crippen LogP) is 3.40. The van der Waals surface area contributed by atoms with E-state index in [0.29, 0.717) is 19.5 Å². The number of pyridine rings is 1. The minimum absolute atomic E-state index is 0.172. The van der Waals surface area contributed by atoms with Crippen LogP contribution in [-0.2, 0) is 16.0 Å². The molecule has 5 heteroatoms. The van der Waals surface area contributed by atoms with E-state index in [1.54, 1.807) is 17.3 Å². The number of carbonyl (C=O) groups is 2. The number of hydrogen-bond acceptors (Lipinski definition) is 3. The van der Waals surface area contributed by atoms with Crippen LogP contribution in [0.3, 0.4) is 0 Å². The average molecular weight is 392 g/mol. The number of nitrogens with zero attached hydrogens (tertiary/aromatic N) is 3. The summed E-state index contributed by atoms with van der Waals surface area (Å²) in [5.41, 5.74) is 2.98. The van der Waals surface area contributed by atoms with Gasteiger partial charge in [0, 0.05) is 45.5 Å². The van der Waals surface area contributed by atoms with Crippen LogP contribution in [-0.4, -0.2) is 53.8 Å². The first kappa shape index (κ1) is 19.6. The third-order valence-electron chi connectivity index (χ3n) is 6.30. The van der Waals surface area contributed by atoms with Gasteiger partial charge in [0.1, 0.15) is 0 Å². The quantitative estimate of drug-likeness (QED) is 0.785. The first-order chi connectivity index (χ1) is 14.0. The van der Waals surface area contributed by atoms with Crippen molar-refractivity contribution < 1.29 is 9.59 Å². The number of amides is 2. The fourth-order valence-electron chi connectivity index (χ4n) is 4.48. The zero-order valence-electron chi connectivity index (χ0n) is 17.3. The van der Waals surface area contributed by atoms with Crippen molar-refractivity contribution in [3.8, 4) is 11.1 Å². The molecular weight excluding hydrogens is 362 g/mol. The number of carbonyl (C=O) groups excluding carboxylic acids is 2. The van der Waals surface area contributed by atoms with E-state index in [1.807, 2.05) is 31.1 Å². The van der Waals surface area contributed by atoms with E-state index in [2.05, 4.69) is 29.2 Å². The van der Waals surface area contributed by atoms with Gasteiger partial charge in [0.2, 0.25) is 11.8 Å². The molecule has 0 spiro atoms. The van der Waals surface area contributed by atoms with Gasteiger partial charge in [-0.3, -0.25) is 14.6 Å². The molecule has 2 aromatic rings. The van der Waals surface area contributed by atoms with E-state index >= 15 is 0 Å². The van der Waals surface area contributed by atoms with Crippen molar-refractivity contribution in [1.82, 2.24) is 14.8 Å². The Morgan fingerprint density at radius 1 is 1.07 bits per heavy atom. The first-order valence-corrected chi connectivity index (χ1v) is 10.5. The van der Waals surface area contributed by atoms with Crippen LogP contribution in [0.2, 0.25) is 0 Å². The van der Waals surface area contributed by atoms with Crippen molar-refractivity contribution in [1.29, 1.82) is 0 Å². The van der Waals surface area contributed by atoms with Gasteiger partial charge >= 0.3 is 0 Å². The molecule has 1 saturated carbocycles. The van der Waals surface area contributed by atoms with Crippen molar-refractivity contribution in [3.05, 3.63) is 54.4 Å². The highest BCUT2D eigenvalue weighted by atomic mass is 16.2. The molecule has 1 aliphatic carbocycles. The zero-order chi connectivity index (χ0) is 20.4. The smallest absolute Gasteiger partial charge is 0.228 e. The molecule has 1 saturated heterocycles. The summed E-state index contributed by atoms with van der Waals surface area (Å²) >= 11 is 0. The molecule has 1 aromatic carbocycles. The SMILES string of the molecule is CN(C)C(=O)C1(Cc2cccc(-c3ccncc3)c2)CCN(C(=O)C2CC2)CC1. The summed E-state index contributed by atoms with van der Waals surface area (Å²) < 4.78 is 0. The Labute approximate surface area is 172 Å². The third kappa shape index (κ3) is 4.19. The van der Waals surface area contributed by atoms with Gasteiger partial charge in [-0.15, -0.1) is 0 Å². The van der Waals surface area contributed by atoms with Gasteiger partial charge in [-0.2, -0.15) is 0 Å². The predicted molar refractivity (Wildman–Crippen MR) is 113 cm³/mol. The van der Waals surface area contributed by atoms with Crippen LogP contribution in [0.4, 0.5) is 0 Å². The molecule has 0 N–H and O–H groups in total. The van der Waals surface area contributed by atoms with E-state index < -0.39 is 5.41 Å². The minimum Gasteiger partial charge on any atom is -0.348 e. The van der Waals surface area contributed by atoms with Gasteiger partial charge in [-0.05, 0) is 60.9 Å². The first-order valence-electron chi connectivity index (χ1n) is 10.5. The van der Waals surface area contributed by atoms with Crippen molar-refractivity contribution in [2.45, 2.75) is 32.1 Å². The molecule has 0 atom stereocenters. The molecule has 2 heterocycles.